The number of aliphatic imine (C=N–C) groups is 1. The van der Waals surface area contributed by atoms with Gasteiger partial charge in [0.05, 0.1) is 23.9 Å². The van der Waals surface area contributed by atoms with Crippen LogP contribution in [0.25, 0.3) is 0 Å². The van der Waals surface area contributed by atoms with Crippen LogP contribution in [-0.2, 0) is 17.7 Å². The Balaban J connectivity index is 1.81. The summed E-state index contributed by atoms with van der Waals surface area (Å²) in [6, 6.07) is 3.83. The highest BCUT2D eigenvalue weighted by Gasteiger charge is 2.02. The Hall–Kier alpha value is -2.19. The zero-order valence-electron chi connectivity index (χ0n) is 15.6. The fraction of sp³-hybridized carbons (Fsp3) is 0.500. The van der Waals surface area contributed by atoms with Gasteiger partial charge < -0.3 is 20.1 Å². The number of hydrogen-bond donors (Lipinski definition) is 2. The number of hydrogen-bond acceptors (Lipinski definition) is 6. The quantitative estimate of drug-likeness (QED) is 0.375. The molecule has 0 aromatic carbocycles. The van der Waals surface area contributed by atoms with E-state index < -0.39 is 0 Å². The molecule has 2 rings (SSSR count). The average molecular weight is 378 g/mol. The lowest BCUT2D eigenvalue weighted by atomic mass is 10.3. The number of guanidine groups is 1. The SMILES string of the molecule is CCNC(=NCc1ccc(OCCOC)nc1)NCCc1csc(C)n1. The van der Waals surface area contributed by atoms with E-state index in [-0.39, 0.29) is 0 Å². The molecule has 0 amide bonds. The van der Waals surface area contributed by atoms with Crippen LogP contribution >= 0.6 is 11.3 Å². The summed E-state index contributed by atoms with van der Waals surface area (Å²) >= 11 is 1.68. The molecule has 0 spiro atoms. The number of pyridine rings is 1. The fourth-order valence-corrected chi connectivity index (χ4v) is 2.81. The lowest BCUT2D eigenvalue weighted by molar-refractivity contribution is 0.143. The van der Waals surface area contributed by atoms with Crippen LogP contribution in [0, 0.1) is 6.92 Å². The topological polar surface area (TPSA) is 80.7 Å². The molecule has 8 heteroatoms. The lowest BCUT2D eigenvalue weighted by Gasteiger charge is -2.11. The Labute approximate surface area is 158 Å². The molecule has 26 heavy (non-hydrogen) atoms. The smallest absolute Gasteiger partial charge is 0.213 e. The van der Waals surface area contributed by atoms with Crippen LogP contribution in [0.5, 0.6) is 5.88 Å². The van der Waals surface area contributed by atoms with Crippen molar-refractivity contribution in [2.75, 3.05) is 33.4 Å². The van der Waals surface area contributed by atoms with Crippen molar-refractivity contribution in [3.63, 3.8) is 0 Å². The van der Waals surface area contributed by atoms with Gasteiger partial charge in [-0.1, -0.05) is 6.07 Å². The third-order valence-electron chi connectivity index (χ3n) is 3.44. The van der Waals surface area contributed by atoms with Gasteiger partial charge in [0.1, 0.15) is 6.61 Å². The number of methoxy groups -OCH3 is 1. The van der Waals surface area contributed by atoms with Crippen molar-refractivity contribution >= 4 is 17.3 Å². The maximum absolute atomic E-state index is 5.46. The summed E-state index contributed by atoms with van der Waals surface area (Å²) in [6.45, 7) is 7.27. The van der Waals surface area contributed by atoms with Crippen molar-refractivity contribution in [3.05, 3.63) is 40.0 Å². The Bertz CT molecular complexity index is 672. The summed E-state index contributed by atoms with van der Waals surface area (Å²) in [7, 11) is 1.64. The summed E-state index contributed by atoms with van der Waals surface area (Å²) in [5.74, 6) is 1.39. The van der Waals surface area contributed by atoms with Gasteiger partial charge >= 0.3 is 0 Å². The van der Waals surface area contributed by atoms with Gasteiger partial charge in [-0.2, -0.15) is 0 Å². The summed E-state index contributed by atoms with van der Waals surface area (Å²) in [4.78, 5) is 13.4. The van der Waals surface area contributed by atoms with Crippen molar-refractivity contribution in [2.45, 2.75) is 26.8 Å². The van der Waals surface area contributed by atoms with E-state index in [0.29, 0.717) is 25.6 Å². The normalized spacial score (nSPS) is 11.4. The van der Waals surface area contributed by atoms with Crippen LogP contribution < -0.4 is 15.4 Å². The Kier molecular flexibility index (Phi) is 8.85. The molecular weight excluding hydrogens is 350 g/mol. The molecule has 7 nitrogen and oxygen atoms in total. The first kappa shape index (κ1) is 20.1. The van der Waals surface area contributed by atoms with Crippen molar-refractivity contribution < 1.29 is 9.47 Å². The molecule has 0 saturated heterocycles. The number of ether oxygens (including phenoxy) is 2. The van der Waals surface area contributed by atoms with Crippen molar-refractivity contribution in [1.29, 1.82) is 0 Å². The van der Waals surface area contributed by atoms with Crippen LogP contribution in [-0.4, -0.2) is 49.3 Å². The van der Waals surface area contributed by atoms with Gasteiger partial charge in [-0.15, -0.1) is 11.3 Å². The Morgan fingerprint density at radius 3 is 2.81 bits per heavy atom. The van der Waals surface area contributed by atoms with Crippen LogP contribution in [0.3, 0.4) is 0 Å². The average Bonchev–Trinajstić information content (AvgIpc) is 3.06. The predicted octanol–water partition coefficient (Wildman–Crippen LogP) is 2.17. The van der Waals surface area contributed by atoms with Crippen molar-refractivity contribution in [1.82, 2.24) is 20.6 Å². The predicted molar refractivity (Wildman–Crippen MR) is 105 cm³/mol. The van der Waals surface area contributed by atoms with Gasteiger partial charge in [-0.05, 0) is 19.4 Å². The standard InChI is InChI=1S/C18H27N5O2S/c1-4-19-18(20-8-7-16-13-26-14(2)23-16)22-12-15-5-6-17(21-11-15)25-10-9-24-3/h5-6,11,13H,4,7-10,12H2,1-3H3,(H2,19,20,22). The van der Waals surface area contributed by atoms with E-state index in [1.807, 2.05) is 19.1 Å². The number of rotatable bonds is 10. The van der Waals surface area contributed by atoms with E-state index in [2.05, 4.69) is 37.9 Å². The molecule has 0 unspecified atom stereocenters. The van der Waals surface area contributed by atoms with Crippen LogP contribution in [0.2, 0.25) is 0 Å². The Morgan fingerprint density at radius 1 is 1.27 bits per heavy atom. The molecule has 2 N–H and O–H groups in total. The lowest BCUT2D eigenvalue weighted by Crippen LogP contribution is -2.38. The van der Waals surface area contributed by atoms with Gasteiger partial charge in [0.2, 0.25) is 5.88 Å². The maximum atomic E-state index is 5.46. The first-order chi connectivity index (χ1) is 12.7. The minimum atomic E-state index is 0.494. The zero-order valence-corrected chi connectivity index (χ0v) is 16.4. The first-order valence-corrected chi connectivity index (χ1v) is 9.59. The number of nitrogens with one attached hydrogen (secondary N) is 2. The van der Waals surface area contributed by atoms with E-state index >= 15 is 0 Å². The van der Waals surface area contributed by atoms with Gasteiger partial charge in [0.15, 0.2) is 5.96 Å². The van der Waals surface area contributed by atoms with E-state index in [9.17, 15) is 0 Å². The number of thiazole rings is 1. The number of aromatic nitrogens is 2. The largest absolute Gasteiger partial charge is 0.475 e. The second-order valence-electron chi connectivity index (χ2n) is 5.58. The molecule has 0 aliphatic heterocycles. The highest BCUT2D eigenvalue weighted by atomic mass is 32.1. The molecule has 142 valence electrons. The third kappa shape index (κ3) is 7.37. The molecule has 2 heterocycles. The van der Waals surface area contributed by atoms with Crippen LogP contribution in [0.15, 0.2) is 28.7 Å². The molecule has 0 bridgehead atoms. The van der Waals surface area contributed by atoms with E-state index in [1.165, 1.54) is 0 Å². The molecule has 0 atom stereocenters. The van der Waals surface area contributed by atoms with Gasteiger partial charge in [0, 0.05) is 44.3 Å². The summed E-state index contributed by atoms with van der Waals surface area (Å²) in [6.07, 6.45) is 2.66. The Morgan fingerprint density at radius 2 is 2.15 bits per heavy atom. The molecule has 0 fully saturated rings. The maximum Gasteiger partial charge on any atom is 0.213 e. The molecule has 2 aromatic heterocycles. The van der Waals surface area contributed by atoms with E-state index in [4.69, 9.17) is 9.47 Å². The number of aryl methyl sites for hydroxylation is 1. The highest BCUT2D eigenvalue weighted by Crippen LogP contribution is 2.09. The minimum absolute atomic E-state index is 0.494. The summed E-state index contributed by atoms with van der Waals surface area (Å²) < 4.78 is 10.4. The highest BCUT2D eigenvalue weighted by molar-refractivity contribution is 7.09. The first-order valence-electron chi connectivity index (χ1n) is 8.71. The molecular formula is C18H27N5O2S. The third-order valence-corrected chi connectivity index (χ3v) is 4.26. The minimum Gasteiger partial charge on any atom is -0.475 e. The molecule has 0 aliphatic rings. The zero-order chi connectivity index (χ0) is 18.6. The van der Waals surface area contributed by atoms with Crippen LogP contribution in [0.4, 0.5) is 0 Å². The second kappa shape index (κ2) is 11.4. The monoisotopic (exact) mass is 377 g/mol. The summed E-state index contributed by atoms with van der Waals surface area (Å²) in [5.41, 5.74) is 2.14. The van der Waals surface area contributed by atoms with Crippen molar-refractivity contribution in [2.24, 2.45) is 4.99 Å². The molecule has 0 aliphatic carbocycles. The number of nitrogens with zero attached hydrogens (tertiary/aromatic N) is 3. The van der Waals surface area contributed by atoms with Gasteiger partial charge in [-0.25, -0.2) is 15.0 Å². The van der Waals surface area contributed by atoms with Gasteiger partial charge in [-0.3, -0.25) is 0 Å². The fourth-order valence-electron chi connectivity index (χ4n) is 2.16. The van der Waals surface area contributed by atoms with Gasteiger partial charge in [0.25, 0.3) is 0 Å². The molecule has 0 saturated carbocycles. The van der Waals surface area contributed by atoms with Crippen LogP contribution in [0.1, 0.15) is 23.2 Å². The second-order valence-corrected chi connectivity index (χ2v) is 6.64. The van der Waals surface area contributed by atoms with E-state index in [1.54, 1.807) is 24.6 Å². The van der Waals surface area contributed by atoms with Crippen molar-refractivity contribution in [3.8, 4) is 5.88 Å². The molecule has 2 aromatic rings. The summed E-state index contributed by atoms with van der Waals surface area (Å²) in [5, 5.41) is 9.79. The van der Waals surface area contributed by atoms with E-state index in [0.717, 1.165) is 41.7 Å². The molecule has 0 radical (unpaired) electrons.